The van der Waals surface area contributed by atoms with Crippen LogP contribution in [0.2, 0.25) is 0 Å². The summed E-state index contributed by atoms with van der Waals surface area (Å²) < 4.78 is 0. The Morgan fingerprint density at radius 3 is 2.56 bits per heavy atom. The molecule has 0 saturated carbocycles. The highest BCUT2D eigenvalue weighted by atomic mass is 15.2. The monoisotopic (exact) mass is 360 g/mol. The van der Waals surface area contributed by atoms with Gasteiger partial charge in [-0.25, -0.2) is 9.97 Å². The van der Waals surface area contributed by atoms with E-state index in [-0.39, 0.29) is 0 Å². The zero-order valence-electron chi connectivity index (χ0n) is 15.6. The predicted molar refractivity (Wildman–Crippen MR) is 106 cm³/mol. The minimum absolute atomic E-state index is 0.675. The summed E-state index contributed by atoms with van der Waals surface area (Å²) in [6.45, 7) is 7.14. The number of hydrogen-bond acceptors (Lipinski definition) is 6. The fourth-order valence-corrected chi connectivity index (χ4v) is 3.44. The van der Waals surface area contributed by atoms with Crippen molar-refractivity contribution >= 4 is 5.69 Å². The third kappa shape index (κ3) is 4.46. The van der Waals surface area contributed by atoms with Crippen molar-refractivity contribution in [2.45, 2.75) is 19.9 Å². The Kier molecular flexibility index (Phi) is 5.34. The smallest absolute Gasteiger partial charge is 0.178 e. The van der Waals surface area contributed by atoms with Crippen LogP contribution in [0.15, 0.2) is 55.1 Å². The second-order valence-electron chi connectivity index (χ2n) is 6.90. The lowest BCUT2D eigenvalue weighted by atomic mass is 10.2. The van der Waals surface area contributed by atoms with E-state index < -0.39 is 0 Å². The van der Waals surface area contributed by atoms with E-state index in [1.165, 1.54) is 5.69 Å². The Balaban J connectivity index is 1.37. The number of anilines is 1. The van der Waals surface area contributed by atoms with Crippen molar-refractivity contribution in [1.29, 1.82) is 0 Å². The largest absolute Gasteiger partial charge is 0.370 e. The molecule has 0 aliphatic carbocycles. The minimum atomic E-state index is 0.675. The Morgan fingerprint density at radius 2 is 1.78 bits per heavy atom. The summed E-state index contributed by atoms with van der Waals surface area (Å²) in [4.78, 5) is 22.5. The van der Waals surface area contributed by atoms with Crippen LogP contribution in [-0.2, 0) is 6.54 Å². The van der Waals surface area contributed by atoms with Crippen molar-refractivity contribution < 1.29 is 0 Å². The van der Waals surface area contributed by atoms with E-state index in [2.05, 4.69) is 41.9 Å². The van der Waals surface area contributed by atoms with Gasteiger partial charge in [0.1, 0.15) is 5.69 Å². The SMILES string of the molecule is Cc1cc(N2CCCN(Cc3cnc(-c4ccccn4)nc3)CC2)ccn1. The Bertz CT molecular complexity index is 865. The molecule has 0 aromatic carbocycles. The van der Waals surface area contributed by atoms with Crippen LogP contribution in [0.4, 0.5) is 5.69 Å². The maximum Gasteiger partial charge on any atom is 0.178 e. The third-order valence-corrected chi connectivity index (χ3v) is 4.84. The topological polar surface area (TPSA) is 58.0 Å². The molecule has 3 aromatic rings. The van der Waals surface area contributed by atoms with Gasteiger partial charge in [0.05, 0.1) is 0 Å². The van der Waals surface area contributed by atoms with Gasteiger partial charge in [0.25, 0.3) is 0 Å². The molecule has 0 radical (unpaired) electrons. The highest BCUT2D eigenvalue weighted by Crippen LogP contribution is 2.18. The molecular weight excluding hydrogens is 336 g/mol. The fraction of sp³-hybridized carbons (Fsp3) is 0.333. The molecule has 0 N–H and O–H groups in total. The van der Waals surface area contributed by atoms with Gasteiger partial charge >= 0.3 is 0 Å². The molecule has 1 saturated heterocycles. The van der Waals surface area contributed by atoms with Gasteiger partial charge in [-0.3, -0.25) is 14.9 Å². The average Bonchev–Trinajstić information content (AvgIpc) is 2.95. The number of nitrogens with zero attached hydrogens (tertiary/aromatic N) is 6. The number of hydrogen-bond donors (Lipinski definition) is 0. The first-order valence-electron chi connectivity index (χ1n) is 9.40. The predicted octanol–water partition coefficient (Wildman–Crippen LogP) is 2.95. The van der Waals surface area contributed by atoms with Crippen molar-refractivity contribution in [2.24, 2.45) is 0 Å². The normalized spacial score (nSPS) is 15.5. The highest BCUT2D eigenvalue weighted by Gasteiger charge is 2.16. The summed E-state index contributed by atoms with van der Waals surface area (Å²) in [6, 6.07) is 10.0. The summed E-state index contributed by atoms with van der Waals surface area (Å²) in [5.41, 5.74) is 4.29. The van der Waals surface area contributed by atoms with Crippen LogP contribution in [0, 0.1) is 6.92 Å². The molecule has 0 unspecified atom stereocenters. The first kappa shape index (κ1) is 17.5. The van der Waals surface area contributed by atoms with Crippen molar-refractivity contribution in [2.75, 3.05) is 31.1 Å². The molecule has 0 amide bonds. The Hall–Kier alpha value is -2.86. The van der Waals surface area contributed by atoms with E-state index in [0.717, 1.165) is 56.1 Å². The van der Waals surface area contributed by atoms with Crippen LogP contribution in [0.3, 0.4) is 0 Å². The third-order valence-electron chi connectivity index (χ3n) is 4.84. The lowest BCUT2D eigenvalue weighted by Gasteiger charge is -2.23. The number of rotatable bonds is 4. The van der Waals surface area contributed by atoms with Gasteiger partial charge in [0.2, 0.25) is 0 Å². The first-order valence-corrected chi connectivity index (χ1v) is 9.40. The van der Waals surface area contributed by atoms with Crippen LogP contribution in [0.25, 0.3) is 11.5 Å². The molecule has 138 valence electrons. The number of aromatic nitrogens is 4. The first-order chi connectivity index (χ1) is 13.3. The van der Waals surface area contributed by atoms with Crippen LogP contribution in [-0.4, -0.2) is 51.0 Å². The molecule has 27 heavy (non-hydrogen) atoms. The van der Waals surface area contributed by atoms with Gasteiger partial charge < -0.3 is 4.90 Å². The molecule has 0 bridgehead atoms. The maximum absolute atomic E-state index is 4.49. The maximum atomic E-state index is 4.49. The summed E-state index contributed by atoms with van der Waals surface area (Å²) in [7, 11) is 0. The number of pyridine rings is 2. The second kappa shape index (κ2) is 8.22. The zero-order chi connectivity index (χ0) is 18.5. The molecule has 0 atom stereocenters. The van der Waals surface area contributed by atoms with Gasteiger partial charge in [-0.2, -0.15) is 0 Å². The van der Waals surface area contributed by atoms with E-state index in [4.69, 9.17) is 0 Å². The van der Waals surface area contributed by atoms with E-state index in [1.54, 1.807) is 6.20 Å². The molecule has 6 nitrogen and oxygen atoms in total. The summed E-state index contributed by atoms with van der Waals surface area (Å²) in [5, 5.41) is 0. The molecule has 1 fully saturated rings. The van der Waals surface area contributed by atoms with Crippen LogP contribution in [0.5, 0.6) is 0 Å². The highest BCUT2D eigenvalue weighted by molar-refractivity contribution is 5.48. The second-order valence-corrected chi connectivity index (χ2v) is 6.90. The van der Waals surface area contributed by atoms with Crippen molar-refractivity contribution in [3.05, 3.63) is 66.4 Å². The lowest BCUT2D eigenvalue weighted by Crippen LogP contribution is -2.30. The molecular formula is C21H24N6. The van der Waals surface area contributed by atoms with Crippen LogP contribution < -0.4 is 4.90 Å². The zero-order valence-corrected chi connectivity index (χ0v) is 15.6. The summed E-state index contributed by atoms with van der Waals surface area (Å²) in [5.74, 6) is 0.675. The van der Waals surface area contributed by atoms with Gasteiger partial charge in [-0.15, -0.1) is 0 Å². The van der Waals surface area contributed by atoms with Gasteiger partial charge in [-0.1, -0.05) is 6.07 Å². The van der Waals surface area contributed by atoms with Crippen molar-refractivity contribution in [1.82, 2.24) is 24.8 Å². The van der Waals surface area contributed by atoms with Gasteiger partial charge in [0.15, 0.2) is 5.82 Å². The summed E-state index contributed by atoms with van der Waals surface area (Å²) >= 11 is 0. The van der Waals surface area contributed by atoms with Gasteiger partial charge in [-0.05, 0) is 37.6 Å². The molecule has 6 heteroatoms. The standard InChI is InChI=1S/C21H24N6/c1-17-13-19(6-8-22-17)27-10-4-9-26(11-12-27)16-18-14-24-21(25-15-18)20-5-2-3-7-23-20/h2-3,5-8,13-15H,4,9-12,16H2,1H3. The Morgan fingerprint density at radius 1 is 0.889 bits per heavy atom. The lowest BCUT2D eigenvalue weighted by molar-refractivity contribution is 0.285. The molecule has 1 aliphatic heterocycles. The Labute approximate surface area is 159 Å². The van der Waals surface area contributed by atoms with Gasteiger partial charge in [0, 0.05) is 74.5 Å². The van der Waals surface area contributed by atoms with Crippen LogP contribution in [0.1, 0.15) is 17.7 Å². The fourth-order valence-electron chi connectivity index (χ4n) is 3.44. The molecule has 4 heterocycles. The van der Waals surface area contributed by atoms with E-state index in [9.17, 15) is 0 Å². The van der Waals surface area contributed by atoms with Crippen LogP contribution >= 0.6 is 0 Å². The minimum Gasteiger partial charge on any atom is -0.370 e. The van der Waals surface area contributed by atoms with Crippen molar-refractivity contribution in [3.63, 3.8) is 0 Å². The number of aryl methyl sites for hydroxylation is 1. The molecule has 1 aliphatic rings. The molecule has 3 aromatic heterocycles. The van der Waals surface area contributed by atoms with E-state index in [0.29, 0.717) is 5.82 Å². The van der Waals surface area contributed by atoms with Crippen molar-refractivity contribution in [3.8, 4) is 11.5 Å². The molecule has 4 rings (SSSR count). The molecule has 0 spiro atoms. The van der Waals surface area contributed by atoms with E-state index >= 15 is 0 Å². The van der Waals surface area contributed by atoms with E-state index in [1.807, 2.05) is 43.7 Å². The average molecular weight is 360 g/mol. The quantitative estimate of drug-likeness (QED) is 0.713. The summed E-state index contributed by atoms with van der Waals surface area (Å²) in [6.07, 6.45) is 8.65.